The van der Waals surface area contributed by atoms with Gasteiger partial charge in [-0.25, -0.2) is 4.79 Å². The fraction of sp³-hybridized carbons (Fsp3) is 0.680. The van der Waals surface area contributed by atoms with Crippen molar-refractivity contribution in [2.45, 2.75) is 72.1 Å². The van der Waals surface area contributed by atoms with Gasteiger partial charge in [-0.15, -0.1) is 0 Å². The summed E-state index contributed by atoms with van der Waals surface area (Å²) in [5.74, 6) is 0.478. The first-order chi connectivity index (χ1) is 15.8. The molecule has 1 radical (unpaired) electrons. The summed E-state index contributed by atoms with van der Waals surface area (Å²) < 4.78 is 10.9. The molecule has 0 aliphatic carbocycles. The third-order valence-corrected chi connectivity index (χ3v) is 7.31. The van der Waals surface area contributed by atoms with Gasteiger partial charge in [-0.2, -0.15) is 4.99 Å². The largest absolute Gasteiger partial charge is 0.444 e. The Labute approximate surface area is 205 Å². The third-order valence-electron chi connectivity index (χ3n) is 6.56. The molecule has 2 saturated heterocycles. The number of nitrogens with zero attached hydrogens (tertiary/aromatic N) is 2. The number of hydrogen-bond donors (Lipinski definition) is 1. The van der Waals surface area contributed by atoms with E-state index in [-0.39, 0.29) is 54.1 Å². The summed E-state index contributed by atoms with van der Waals surface area (Å²) in [4.78, 5) is 43.2. The Balaban J connectivity index is 2.03. The van der Waals surface area contributed by atoms with Crippen LogP contribution in [-0.2, 0) is 18.8 Å². The van der Waals surface area contributed by atoms with Crippen molar-refractivity contribution in [1.29, 1.82) is 0 Å². The molecule has 2 rings (SSSR count). The monoisotopic (exact) mass is 490 g/mol. The zero-order valence-corrected chi connectivity index (χ0v) is 22.6. The molecule has 0 bridgehead atoms. The van der Waals surface area contributed by atoms with Gasteiger partial charge >= 0.3 is 6.09 Å². The van der Waals surface area contributed by atoms with E-state index in [0.717, 1.165) is 6.42 Å². The van der Waals surface area contributed by atoms with Gasteiger partial charge in [0, 0.05) is 38.6 Å². The second-order valence-electron chi connectivity index (χ2n) is 10.4. The molecule has 2 amide bonds. The molecular weight excluding hydrogens is 450 g/mol. The number of amidine groups is 1. The number of ether oxygens (including phenoxy) is 1. The summed E-state index contributed by atoms with van der Waals surface area (Å²) in [6.45, 7) is 16.5. The fourth-order valence-electron chi connectivity index (χ4n) is 4.42. The number of allylic oxidation sites excluding steroid dienone is 1. The number of β-lactam (4-membered cyclic amide) rings is 1. The summed E-state index contributed by atoms with van der Waals surface area (Å²) in [6.07, 6.45) is 4.46. The number of rotatable bonds is 10. The summed E-state index contributed by atoms with van der Waals surface area (Å²) >= 11 is 0. The number of ketones is 1. The van der Waals surface area contributed by atoms with E-state index < -0.39 is 15.1 Å². The molecule has 2 aliphatic rings. The van der Waals surface area contributed by atoms with Crippen molar-refractivity contribution < 1.29 is 23.5 Å². The van der Waals surface area contributed by atoms with Gasteiger partial charge < -0.3 is 19.4 Å². The highest BCUT2D eigenvalue weighted by molar-refractivity contribution is 6.48. The number of likely N-dealkylation sites (tertiary alicyclic amines) is 1. The molecule has 189 valence electrons. The predicted molar refractivity (Wildman–Crippen MR) is 135 cm³/mol. The molecule has 2 aliphatic heterocycles. The quantitative estimate of drug-likeness (QED) is 0.217. The number of aliphatic imine (C=N–C) groups is 1. The molecule has 0 spiro atoms. The van der Waals surface area contributed by atoms with E-state index >= 15 is 0 Å². The van der Waals surface area contributed by atoms with E-state index in [2.05, 4.69) is 50.8 Å². The smallest absolute Gasteiger partial charge is 0.435 e. The van der Waals surface area contributed by atoms with Crippen molar-refractivity contribution >= 4 is 32.7 Å². The van der Waals surface area contributed by atoms with E-state index in [9.17, 15) is 14.4 Å². The molecule has 0 aromatic rings. The molecule has 1 N–H and O–H groups in total. The Morgan fingerprint density at radius 3 is 2.59 bits per heavy atom. The normalized spacial score (nSPS) is 25.2. The lowest BCUT2D eigenvalue weighted by Crippen LogP contribution is -2.63. The first kappa shape index (κ1) is 28.0. The molecular formula is C25H40N3O5Si. The second kappa shape index (κ2) is 11.9. The lowest BCUT2D eigenvalue weighted by atomic mass is 9.66. The standard InChI is InChI=1S/C25H40N3O5Si/c1-9-12-32-24(31)27-21-11-10-17(28(21)6)13-16(2)20(29)14-19-22(23(30)26-19)18(25(3,4)5)15-33-34(7)8/h9,13,17-19,22H,1,10-12,14-15H2,2-8H3,(H,26,30)/t17-,18+,19+,22-/m0/s1. The Morgan fingerprint density at radius 1 is 1.35 bits per heavy atom. The van der Waals surface area contributed by atoms with Crippen LogP contribution in [0.25, 0.3) is 0 Å². The van der Waals surface area contributed by atoms with Crippen LogP contribution < -0.4 is 5.32 Å². The number of Topliss-reactive ketones (excluding diaryl/α,β-unsaturated/α-hetero) is 1. The number of hydrogen-bond acceptors (Lipinski definition) is 5. The van der Waals surface area contributed by atoms with Gasteiger partial charge in [0.2, 0.25) is 14.9 Å². The first-order valence-electron chi connectivity index (χ1n) is 11.9. The van der Waals surface area contributed by atoms with Crippen LogP contribution in [0.2, 0.25) is 13.1 Å². The zero-order valence-electron chi connectivity index (χ0n) is 21.6. The number of likely N-dealkylation sites (N-methyl/N-ethyl adjacent to an activating group) is 1. The number of nitrogens with one attached hydrogen (secondary N) is 1. The van der Waals surface area contributed by atoms with Crippen molar-refractivity contribution in [3.8, 4) is 0 Å². The van der Waals surface area contributed by atoms with Crippen LogP contribution in [0.3, 0.4) is 0 Å². The number of carbonyl (C=O) groups excluding carboxylic acids is 3. The predicted octanol–water partition coefficient (Wildman–Crippen LogP) is 3.75. The molecule has 34 heavy (non-hydrogen) atoms. The van der Waals surface area contributed by atoms with E-state index in [0.29, 0.717) is 24.4 Å². The van der Waals surface area contributed by atoms with Crippen molar-refractivity contribution in [2.24, 2.45) is 22.2 Å². The zero-order chi connectivity index (χ0) is 25.6. The van der Waals surface area contributed by atoms with Crippen molar-refractivity contribution in [3.63, 3.8) is 0 Å². The van der Waals surface area contributed by atoms with E-state index in [1.807, 2.05) is 24.9 Å². The summed E-state index contributed by atoms with van der Waals surface area (Å²) in [6, 6.07) is -0.203. The maximum atomic E-state index is 13.0. The molecule has 0 aromatic carbocycles. The third kappa shape index (κ3) is 7.37. The van der Waals surface area contributed by atoms with E-state index in [1.165, 1.54) is 6.08 Å². The Bertz CT molecular complexity index is 846. The first-order valence-corrected chi connectivity index (χ1v) is 14.3. The van der Waals surface area contributed by atoms with Gasteiger partial charge in [0.15, 0.2) is 5.78 Å². The van der Waals surface area contributed by atoms with Gasteiger partial charge in [0.1, 0.15) is 12.4 Å². The van der Waals surface area contributed by atoms with E-state index in [1.54, 1.807) is 0 Å². The molecule has 2 fully saturated rings. The molecule has 9 heteroatoms. The maximum absolute atomic E-state index is 13.0. The summed E-state index contributed by atoms with van der Waals surface area (Å²) in [5, 5.41) is 2.94. The van der Waals surface area contributed by atoms with Crippen LogP contribution in [0.15, 0.2) is 29.3 Å². The number of amides is 2. The molecule has 0 unspecified atom stereocenters. The van der Waals surface area contributed by atoms with Crippen LogP contribution >= 0.6 is 0 Å². The van der Waals surface area contributed by atoms with Crippen LogP contribution in [0.5, 0.6) is 0 Å². The highest BCUT2D eigenvalue weighted by Crippen LogP contribution is 2.39. The average Bonchev–Trinajstić information content (AvgIpc) is 3.06. The summed E-state index contributed by atoms with van der Waals surface area (Å²) in [5.41, 5.74) is 0.546. The minimum Gasteiger partial charge on any atom is -0.444 e. The summed E-state index contributed by atoms with van der Waals surface area (Å²) in [7, 11) is 0.993. The molecule has 0 saturated carbocycles. The lowest BCUT2D eigenvalue weighted by Gasteiger charge is -2.46. The highest BCUT2D eigenvalue weighted by Gasteiger charge is 2.49. The average molecular weight is 491 g/mol. The fourth-order valence-corrected chi connectivity index (χ4v) is 4.94. The van der Waals surface area contributed by atoms with Crippen molar-refractivity contribution in [3.05, 3.63) is 24.3 Å². The van der Waals surface area contributed by atoms with Gasteiger partial charge in [-0.1, -0.05) is 39.5 Å². The van der Waals surface area contributed by atoms with Crippen LogP contribution in [0, 0.1) is 17.3 Å². The second-order valence-corrected chi connectivity index (χ2v) is 12.5. The Morgan fingerprint density at radius 2 is 2.03 bits per heavy atom. The van der Waals surface area contributed by atoms with E-state index in [4.69, 9.17) is 9.16 Å². The minimum atomic E-state index is -0.867. The minimum absolute atomic E-state index is 0.00339. The number of carbonyl (C=O) groups is 3. The van der Waals surface area contributed by atoms with Crippen LogP contribution in [-0.4, -0.2) is 69.9 Å². The molecule has 2 heterocycles. The van der Waals surface area contributed by atoms with Gasteiger partial charge in [-0.05, 0) is 43.3 Å². The van der Waals surface area contributed by atoms with Crippen LogP contribution in [0.1, 0.15) is 47.0 Å². The van der Waals surface area contributed by atoms with Gasteiger partial charge in [0.25, 0.3) is 0 Å². The molecule has 0 aromatic heterocycles. The lowest BCUT2D eigenvalue weighted by molar-refractivity contribution is -0.143. The Hall–Kier alpha value is -2.26. The maximum Gasteiger partial charge on any atom is 0.435 e. The Kier molecular flexibility index (Phi) is 9.81. The van der Waals surface area contributed by atoms with Crippen molar-refractivity contribution in [1.82, 2.24) is 10.2 Å². The molecule has 4 atom stereocenters. The van der Waals surface area contributed by atoms with Gasteiger partial charge in [0.05, 0.1) is 5.92 Å². The molecule has 8 nitrogen and oxygen atoms in total. The highest BCUT2D eigenvalue weighted by atomic mass is 28.3. The van der Waals surface area contributed by atoms with Crippen molar-refractivity contribution in [2.75, 3.05) is 20.3 Å². The SMILES string of the molecule is C=CCOC(=O)N=C1CC[C@@H](C=C(C)C(=O)C[C@H]2NC(=O)[C@H]2[C@@H](CO[Si](C)C)C(C)(C)C)N1C. The van der Waals surface area contributed by atoms with Gasteiger partial charge in [-0.3, -0.25) is 9.59 Å². The topological polar surface area (TPSA) is 97.3 Å². The van der Waals surface area contributed by atoms with Crippen LogP contribution in [0.4, 0.5) is 4.79 Å².